The van der Waals surface area contributed by atoms with Crippen LogP contribution in [0, 0.1) is 0 Å². The molecule has 0 aliphatic carbocycles. The fraction of sp³-hybridized carbons (Fsp3) is 0.263. The van der Waals surface area contributed by atoms with Crippen LogP contribution in [0.3, 0.4) is 0 Å². The lowest BCUT2D eigenvalue weighted by Gasteiger charge is -2.42. The molecule has 140 valence electrons. The number of alkyl halides is 1. The second-order valence-corrected chi connectivity index (χ2v) is 8.66. The first-order valence-corrected chi connectivity index (χ1v) is 9.91. The topological polar surface area (TPSA) is 42.3 Å². The number of hydrogen-bond donors (Lipinski definition) is 0. The second kappa shape index (κ2) is 6.62. The normalized spacial score (nSPS) is 15.8. The van der Waals surface area contributed by atoms with Crippen molar-refractivity contribution in [2.75, 3.05) is 13.1 Å². The van der Waals surface area contributed by atoms with Crippen molar-refractivity contribution in [2.45, 2.75) is 19.1 Å². The molecular formula is C19H15Cl2FN2O2S. The Bertz CT molecular complexity index is 1110. The predicted molar refractivity (Wildman–Crippen MR) is 108 cm³/mol. The third-order valence-electron chi connectivity index (χ3n) is 4.63. The van der Waals surface area contributed by atoms with E-state index in [0.29, 0.717) is 15.4 Å². The lowest BCUT2D eigenvalue weighted by Crippen LogP contribution is -2.60. The number of nitrogens with zero attached hydrogens (tertiary/aromatic N) is 2. The average molecular weight is 425 g/mol. The molecule has 4 rings (SSSR count). The van der Waals surface area contributed by atoms with Crippen LogP contribution in [-0.2, 0) is 11.3 Å². The van der Waals surface area contributed by atoms with Gasteiger partial charge in [-0.15, -0.1) is 11.3 Å². The van der Waals surface area contributed by atoms with Crippen molar-refractivity contribution in [1.29, 1.82) is 0 Å². The van der Waals surface area contributed by atoms with Crippen molar-refractivity contribution in [2.24, 2.45) is 0 Å². The summed E-state index contributed by atoms with van der Waals surface area (Å²) in [6.45, 7) is 1.48. The quantitative estimate of drug-likeness (QED) is 0.615. The lowest BCUT2D eigenvalue weighted by atomic mass is 9.99. The SMILES string of the molecule is CC1(F)CN(C(=O)Cn2ccc3scc(-c4ccc(Cl)c(Cl)c4)c3c2=O)C1. The van der Waals surface area contributed by atoms with Crippen molar-refractivity contribution >= 4 is 50.5 Å². The molecular weight excluding hydrogens is 410 g/mol. The van der Waals surface area contributed by atoms with Crippen molar-refractivity contribution in [3.05, 3.63) is 56.2 Å². The summed E-state index contributed by atoms with van der Waals surface area (Å²) in [6, 6.07) is 7.02. The Kier molecular flexibility index (Phi) is 4.53. The molecule has 3 aromatic rings. The summed E-state index contributed by atoms with van der Waals surface area (Å²) in [5.41, 5.74) is -0.0565. The maximum Gasteiger partial charge on any atom is 0.260 e. The first kappa shape index (κ1) is 18.5. The van der Waals surface area contributed by atoms with Gasteiger partial charge in [0.2, 0.25) is 5.91 Å². The molecule has 0 spiro atoms. The summed E-state index contributed by atoms with van der Waals surface area (Å²) in [5, 5.41) is 3.28. The Hall–Kier alpha value is -1.89. The van der Waals surface area contributed by atoms with Gasteiger partial charge in [-0.2, -0.15) is 0 Å². The number of fused-ring (bicyclic) bond motifs is 1. The van der Waals surface area contributed by atoms with E-state index in [1.807, 2.05) is 11.4 Å². The largest absolute Gasteiger partial charge is 0.335 e. The van der Waals surface area contributed by atoms with Gasteiger partial charge >= 0.3 is 0 Å². The zero-order chi connectivity index (χ0) is 19.3. The zero-order valence-electron chi connectivity index (χ0n) is 14.3. The van der Waals surface area contributed by atoms with Crippen LogP contribution >= 0.6 is 34.5 Å². The average Bonchev–Trinajstić information content (AvgIpc) is 3.02. The molecule has 0 N–H and O–H groups in total. The Morgan fingerprint density at radius 2 is 2.00 bits per heavy atom. The van der Waals surface area contributed by atoms with Crippen LogP contribution in [0.2, 0.25) is 10.0 Å². The number of hydrogen-bond acceptors (Lipinski definition) is 3. The van der Waals surface area contributed by atoms with E-state index in [2.05, 4.69) is 0 Å². The van der Waals surface area contributed by atoms with Crippen LogP contribution in [0.1, 0.15) is 6.92 Å². The number of carbonyl (C=O) groups excluding carboxylic acids is 1. The Balaban J connectivity index is 1.70. The third-order valence-corrected chi connectivity index (χ3v) is 6.32. The number of aromatic nitrogens is 1. The van der Waals surface area contributed by atoms with Crippen molar-refractivity contribution in [3.8, 4) is 11.1 Å². The first-order valence-electron chi connectivity index (χ1n) is 8.28. The molecule has 1 saturated heterocycles. The number of rotatable bonds is 3. The van der Waals surface area contributed by atoms with E-state index in [9.17, 15) is 14.0 Å². The molecule has 0 saturated carbocycles. The van der Waals surface area contributed by atoms with Crippen molar-refractivity contribution in [1.82, 2.24) is 9.47 Å². The predicted octanol–water partition coefficient (Wildman–Crippen LogP) is 4.61. The maximum absolute atomic E-state index is 13.6. The maximum atomic E-state index is 13.6. The molecule has 1 fully saturated rings. The van der Waals surface area contributed by atoms with Gasteiger partial charge in [-0.1, -0.05) is 29.3 Å². The molecule has 1 aliphatic rings. The molecule has 0 radical (unpaired) electrons. The smallest absolute Gasteiger partial charge is 0.260 e. The molecule has 8 heteroatoms. The molecule has 27 heavy (non-hydrogen) atoms. The number of amides is 1. The van der Waals surface area contributed by atoms with Gasteiger partial charge in [0, 0.05) is 21.8 Å². The second-order valence-electron chi connectivity index (χ2n) is 6.93. The van der Waals surface area contributed by atoms with E-state index in [1.54, 1.807) is 24.4 Å². The minimum absolute atomic E-state index is 0.0653. The summed E-state index contributed by atoms with van der Waals surface area (Å²) in [5.74, 6) is -0.266. The molecule has 1 amide bonds. The van der Waals surface area contributed by atoms with Crippen LogP contribution < -0.4 is 5.56 Å². The summed E-state index contributed by atoms with van der Waals surface area (Å²) < 4.78 is 15.8. The minimum atomic E-state index is -1.33. The van der Waals surface area contributed by atoms with E-state index >= 15 is 0 Å². The summed E-state index contributed by atoms with van der Waals surface area (Å²) in [6.07, 6.45) is 1.60. The van der Waals surface area contributed by atoms with Gasteiger partial charge in [-0.05, 0) is 30.7 Å². The fourth-order valence-corrected chi connectivity index (χ4v) is 4.51. The monoisotopic (exact) mass is 424 g/mol. The molecule has 4 nitrogen and oxygen atoms in total. The molecule has 1 aromatic carbocycles. The summed E-state index contributed by atoms with van der Waals surface area (Å²) in [4.78, 5) is 26.7. The van der Waals surface area contributed by atoms with Gasteiger partial charge in [-0.25, -0.2) is 4.39 Å². The summed E-state index contributed by atoms with van der Waals surface area (Å²) in [7, 11) is 0. The first-order chi connectivity index (χ1) is 12.7. The Morgan fingerprint density at radius 1 is 1.26 bits per heavy atom. The number of likely N-dealkylation sites (tertiary alicyclic amines) is 1. The zero-order valence-corrected chi connectivity index (χ0v) is 16.7. The fourth-order valence-electron chi connectivity index (χ4n) is 3.26. The van der Waals surface area contributed by atoms with E-state index in [1.165, 1.54) is 27.7 Å². The van der Waals surface area contributed by atoms with Gasteiger partial charge in [-0.3, -0.25) is 9.59 Å². The molecule has 0 atom stereocenters. The Morgan fingerprint density at radius 3 is 2.67 bits per heavy atom. The van der Waals surface area contributed by atoms with Crippen LogP contribution in [0.4, 0.5) is 4.39 Å². The van der Waals surface area contributed by atoms with E-state index in [0.717, 1.165) is 15.8 Å². The Labute approximate surface area is 168 Å². The van der Waals surface area contributed by atoms with Crippen molar-refractivity contribution in [3.63, 3.8) is 0 Å². The molecule has 3 heterocycles. The number of benzene rings is 1. The van der Waals surface area contributed by atoms with Gasteiger partial charge in [0.15, 0.2) is 0 Å². The standard InChI is InChI=1S/C19H15Cl2FN2O2S/c1-19(22)9-24(10-19)16(25)7-23-5-4-15-17(18(23)26)12(8-27-15)11-2-3-13(20)14(21)6-11/h2-6,8H,7,9-10H2,1H3. The van der Waals surface area contributed by atoms with E-state index in [-0.39, 0.29) is 31.1 Å². The van der Waals surface area contributed by atoms with Gasteiger partial charge in [0.1, 0.15) is 12.2 Å². The summed E-state index contributed by atoms with van der Waals surface area (Å²) >= 11 is 13.5. The highest BCUT2D eigenvalue weighted by Crippen LogP contribution is 2.35. The van der Waals surface area contributed by atoms with Gasteiger partial charge in [0.25, 0.3) is 5.56 Å². The third kappa shape index (κ3) is 3.37. The number of carbonyl (C=O) groups is 1. The lowest BCUT2D eigenvalue weighted by molar-refractivity contribution is -0.144. The van der Waals surface area contributed by atoms with Crippen LogP contribution in [0.25, 0.3) is 21.2 Å². The molecule has 2 aromatic heterocycles. The number of halogens is 3. The highest BCUT2D eigenvalue weighted by atomic mass is 35.5. The number of pyridine rings is 1. The van der Waals surface area contributed by atoms with Crippen molar-refractivity contribution < 1.29 is 9.18 Å². The number of thiophene rings is 1. The van der Waals surface area contributed by atoms with Crippen LogP contribution in [0.15, 0.2) is 40.6 Å². The molecule has 0 unspecified atom stereocenters. The van der Waals surface area contributed by atoms with Gasteiger partial charge < -0.3 is 9.47 Å². The minimum Gasteiger partial charge on any atom is -0.335 e. The van der Waals surface area contributed by atoms with E-state index in [4.69, 9.17) is 23.2 Å². The van der Waals surface area contributed by atoms with E-state index < -0.39 is 5.67 Å². The molecule has 1 aliphatic heterocycles. The highest BCUT2D eigenvalue weighted by Gasteiger charge is 2.41. The van der Waals surface area contributed by atoms with Crippen LogP contribution in [-0.4, -0.2) is 34.1 Å². The van der Waals surface area contributed by atoms with Crippen LogP contribution in [0.5, 0.6) is 0 Å². The molecule has 0 bridgehead atoms. The highest BCUT2D eigenvalue weighted by molar-refractivity contribution is 7.17. The van der Waals surface area contributed by atoms with Gasteiger partial charge in [0.05, 0.1) is 28.5 Å².